The van der Waals surface area contributed by atoms with Crippen LogP contribution in [0.3, 0.4) is 0 Å². The van der Waals surface area contributed by atoms with E-state index in [-0.39, 0.29) is 11.9 Å². The van der Waals surface area contributed by atoms with E-state index in [0.29, 0.717) is 17.0 Å². The second-order valence-corrected chi connectivity index (χ2v) is 7.59. The van der Waals surface area contributed by atoms with Gasteiger partial charge in [-0.1, -0.05) is 29.8 Å². The minimum absolute atomic E-state index is 0.0799. The minimum atomic E-state index is -0.163. The molecule has 120 valence electrons. The van der Waals surface area contributed by atoms with E-state index in [4.69, 9.17) is 11.6 Å². The highest BCUT2D eigenvalue weighted by atomic mass is 35.5. The third kappa shape index (κ3) is 2.79. The van der Waals surface area contributed by atoms with E-state index in [1.165, 1.54) is 0 Å². The number of nitrogens with zero attached hydrogens (tertiary/aromatic N) is 2. The molecule has 0 saturated heterocycles. The fourth-order valence-electron chi connectivity index (χ4n) is 2.76. The van der Waals surface area contributed by atoms with Gasteiger partial charge in [0.1, 0.15) is 0 Å². The number of thiophene rings is 2. The molecule has 6 heteroatoms. The van der Waals surface area contributed by atoms with Crippen LogP contribution in [-0.2, 0) is 0 Å². The number of benzene rings is 1. The van der Waals surface area contributed by atoms with E-state index in [9.17, 15) is 4.79 Å². The number of hydrogen-bond donors (Lipinski definition) is 0. The number of hydrazone groups is 1. The smallest absolute Gasteiger partial charge is 0.267 e. The first-order valence-corrected chi connectivity index (χ1v) is 9.65. The van der Waals surface area contributed by atoms with Gasteiger partial charge in [-0.3, -0.25) is 4.79 Å². The molecule has 1 aliphatic rings. The fraction of sp³-hybridized carbons (Fsp3) is 0.111. The predicted octanol–water partition coefficient (Wildman–Crippen LogP) is 5.45. The normalized spacial score (nSPS) is 17.1. The molecule has 0 spiro atoms. The Bertz CT molecular complexity index is 888. The summed E-state index contributed by atoms with van der Waals surface area (Å²) in [5, 5.41) is 12.8. The summed E-state index contributed by atoms with van der Waals surface area (Å²) < 4.78 is 0. The van der Waals surface area contributed by atoms with Gasteiger partial charge in [0.05, 0.1) is 22.3 Å². The number of carbonyl (C=O) groups is 1. The van der Waals surface area contributed by atoms with Crippen molar-refractivity contribution < 1.29 is 4.79 Å². The lowest BCUT2D eigenvalue weighted by Gasteiger charge is -2.21. The largest absolute Gasteiger partial charge is 0.276 e. The summed E-state index contributed by atoms with van der Waals surface area (Å²) in [5.41, 5.74) is 2.50. The standard InChI is InChI=1S/C18H13ClN2OS2/c19-14-5-2-1-4-13(14)18(22)21-16(17-6-3-8-24-17)10-15(20-21)12-7-9-23-11-12/h1-9,11,16H,10H2/t16-/m0/s1. The molecule has 1 aliphatic heterocycles. The molecule has 1 atom stereocenters. The Morgan fingerprint density at radius 2 is 2.04 bits per heavy atom. The van der Waals surface area contributed by atoms with Crippen LogP contribution in [0.25, 0.3) is 0 Å². The number of carbonyl (C=O) groups excluding carboxylic acids is 1. The zero-order valence-electron chi connectivity index (χ0n) is 12.6. The van der Waals surface area contributed by atoms with E-state index in [1.54, 1.807) is 39.8 Å². The topological polar surface area (TPSA) is 32.7 Å². The molecule has 2 aromatic heterocycles. The highest BCUT2D eigenvalue weighted by Gasteiger charge is 2.34. The summed E-state index contributed by atoms with van der Waals surface area (Å²) in [4.78, 5) is 14.2. The van der Waals surface area contributed by atoms with Crippen molar-refractivity contribution in [3.63, 3.8) is 0 Å². The predicted molar refractivity (Wildman–Crippen MR) is 100 cm³/mol. The summed E-state index contributed by atoms with van der Waals surface area (Å²) in [6.45, 7) is 0. The molecule has 3 heterocycles. The van der Waals surface area contributed by atoms with Gasteiger partial charge in [-0.15, -0.1) is 11.3 Å². The monoisotopic (exact) mass is 372 g/mol. The van der Waals surface area contributed by atoms with Crippen LogP contribution in [0.2, 0.25) is 5.02 Å². The maximum absolute atomic E-state index is 13.0. The van der Waals surface area contributed by atoms with Crippen LogP contribution < -0.4 is 0 Å². The Kier molecular flexibility index (Phi) is 4.22. The molecule has 0 N–H and O–H groups in total. The van der Waals surface area contributed by atoms with Crippen LogP contribution in [0, 0.1) is 0 Å². The summed E-state index contributed by atoms with van der Waals surface area (Å²) >= 11 is 9.49. The first-order chi connectivity index (χ1) is 11.7. The molecule has 0 unspecified atom stereocenters. The molecule has 24 heavy (non-hydrogen) atoms. The zero-order chi connectivity index (χ0) is 16.5. The Hall–Kier alpha value is -1.95. The van der Waals surface area contributed by atoms with Gasteiger partial charge in [-0.2, -0.15) is 16.4 Å². The summed E-state index contributed by atoms with van der Waals surface area (Å²) in [5.74, 6) is -0.163. The van der Waals surface area contributed by atoms with E-state index < -0.39 is 0 Å². The quantitative estimate of drug-likeness (QED) is 0.601. The first kappa shape index (κ1) is 15.6. The number of rotatable bonds is 3. The summed E-state index contributed by atoms with van der Waals surface area (Å²) in [7, 11) is 0. The van der Waals surface area contributed by atoms with Crippen LogP contribution in [0.4, 0.5) is 0 Å². The van der Waals surface area contributed by atoms with Crippen LogP contribution in [-0.4, -0.2) is 16.6 Å². The van der Waals surface area contributed by atoms with Crippen molar-refractivity contribution in [3.05, 3.63) is 79.6 Å². The van der Waals surface area contributed by atoms with Gasteiger partial charge in [0, 0.05) is 16.9 Å². The SMILES string of the molecule is O=C(c1ccccc1Cl)N1N=C(c2ccsc2)C[C@H]1c1cccs1. The molecule has 0 saturated carbocycles. The van der Waals surface area contributed by atoms with Gasteiger partial charge in [0.15, 0.2) is 0 Å². The van der Waals surface area contributed by atoms with Crippen molar-refractivity contribution >= 4 is 45.9 Å². The molecule has 4 rings (SSSR count). The molecular weight excluding hydrogens is 360 g/mol. The van der Waals surface area contributed by atoms with Crippen LogP contribution >= 0.6 is 34.3 Å². The summed E-state index contributed by atoms with van der Waals surface area (Å²) in [6, 6.07) is 13.1. The van der Waals surface area contributed by atoms with Crippen LogP contribution in [0.15, 0.2) is 63.7 Å². The maximum Gasteiger partial charge on any atom is 0.276 e. The van der Waals surface area contributed by atoms with Crippen molar-refractivity contribution in [2.24, 2.45) is 5.10 Å². The third-order valence-electron chi connectivity index (χ3n) is 3.95. The van der Waals surface area contributed by atoms with Crippen LogP contribution in [0.1, 0.15) is 33.3 Å². The van der Waals surface area contributed by atoms with Gasteiger partial charge >= 0.3 is 0 Å². The van der Waals surface area contributed by atoms with E-state index in [1.807, 2.05) is 41.1 Å². The molecule has 1 aromatic carbocycles. The average Bonchev–Trinajstić information content (AvgIpc) is 3.33. The van der Waals surface area contributed by atoms with Gasteiger partial charge < -0.3 is 0 Å². The molecule has 1 amide bonds. The van der Waals surface area contributed by atoms with Crippen molar-refractivity contribution in [1.29, 1.82) is 0 Å². The maximum atomic E-state index is 13.0. The zero-order valence-corrected chi connectivity index (χ0v) is 14.9. The fourth-order valence-corrected chi connectivity index (χ4v) is 4.45. The second-order valence-electron chi connectivity index (χ2n) is 5.42. The first-order valence-electron chi connectivity index (χ1n) is 7.45. The average molecular weight is 373 g/mol. The van der Waals surface area contributed by atoms with Gasteiger partial charge in [-0.05, 0) is 40.4 Å². The number of hydrogen-bond acceptors (Lipinski definition) is 4. The van der Waals surface area contributed by atoms with Crippen molar-refractivity contribution in [1.82, 2.24) is 5.01 Å². The lowest BCUT2D eigenvalue weighted by Crippen LogP contribution is -2.26. The third-order valence-corrected chi connectivity index (χ3v) is 5.94. The highest BCUT2D eigenvalue weighted by molar-refractivity contribution is 7.10. The van der Waals surface area contributed by atoms with Gasteiger partial charge in [0.25, 0.3) is 5.91 Å². The Balaban J connectivity index is 1.74. The van der Waals surface area contributed by atoms with Gasteiger partial charge in [0.2, 0.25) is 0 Å². The molecule has 0 aliphatic carbocycles. The summed E-state index contributed by atoms with van der Waals surface area (Å²) in [6.07, 6.45) is 0.716. The molecular formula is C18H13ClN2OS2. The molecule has 0 fully saturated rings. The van der Waals surface area contributed by atoms with E-state index in [2.05, 4.69) is 10.5 Å². The molecule has 0 bridgehead atoms. The van der Waals surface area contributed by atoms with Crippen molar-refractivity contribution in [3.8, 4) is 0 Å². The number of amides is 1. The Morgan fingerprint density at radius 3 is 2.75 bits per heavy atom. The lowest BCUT2D eigenvalue weighted by molar-refractivity contribution is 0.0714. The Labute approximate surface area is 152 Å². The van der Waals surface area contributed by atoms with Crippen molar-refractivity contribution in [2.75, 3.05) is 0 Å². The number of halogens is 1. The molecule has 3 nitrogen and oxygen atoms in total. The van der Waals surface area contributed by atoms with Crippen molar-refractivity contribution in [2.45, 2.75) is 12.5 Å². The second kappa shape index (κ2) is 6.51. The highest BCUT2D eigenvalue weighted by Crippen LogP contribution is 2.37. The van der Waals surface area contributed by atoms with E-state index in [0.717, 1.165) is 16.2 Å². The Morgan fingerprint density at radius 1 is 1.17 bits per heavy atom. The lowest BCUT2D eigenvalue weighted by atomic mass is 10.1. The minimum Gasteiger partial charge on any atom is -0.267 e. The molecule has 3 aromatic rings. The van der Waals surface area contributed by atoms with E-state index >= 15 is 0 Å². The van der Waals surface area contributed by atoms with Gasteiger partial charge in [-0.25, -0.2) is 5.01 Å². The van der Waals surface area contributed by atoms with Crippen LogP contribution in [0.5, 0.6) is 0 Å². The molecule has 0 radical (unpaired) electrons.